The molecule has 154 valence electrons. The molecule has 3 rings (SSSR count). The van der Waals surface area contributed by atoms with E-state index in [1.54, 1.807) is 6.07 Å². The van der Waals surface area contributed by atoms with Crippen molar-refractivity contribution in [3.63, 3.8) is 0 Å². The second kappa shape index (κ2) is 10.7. The molecular weight excluding hydrogens is 457 g/mol. The first-order valence-corrected chi connectivity index (χ1v) is 10.6. The van der Waals surface area contributed by atoms with Crippen LogP contribution in [0.2, 0.25) is 0 Å². The van der Waals surface area contributed by atoms with Gasteiger partial charge in [-0.3, -0.25) is 9.69 Å². The average molecular weight is 480 g/mol. The molecule has 0 aliphatic carbocycles. The van der Waals surface area contributed by atoms with Crippen LogP contribution in [0.15, 0.2) is 53.0 Å². The number of carbonyl (C=O) groups excluding carboxylic acids is 1. The molecule has 0 amide bonds. The van der Waals surface area contributed by atoms with Gasteiger partial charge in [-0.25, -0.2) is 4.39 Å². The van der Waals surface area contributed by atoms with E-state index in [-0.39, 0.29) is 18.3 Å². The molecule has 0 bridgehead atoms. The summed E-state index contributed by atoms with van der Waals surface area (Å²) in [5, 5.41) is 3.75. The predicted octanol–water partition coefficient (Wildman–Crippen LogP) is 4.04. The van der Waals surface area contributed by atoms with Gasteiger partial charge in [-0.05, 0) is 58.3 Å². The average Bonchev–Trinajstić information content (AvgIpc) is 2.95. The second-order valence-corrected chi connectivity index (χ2v) is 8.06. The lowest BCUT2D eigenvalue weighted by atomic mass is 10.2. The minimum atomic E-state index is -0.307. The zero-order valence-corrected chi connectivity index (χ0v) is 18.3. The molecule has 1 heterocycles. The van der Waals surface area contributed by atoms with E-state index in [1.165, 1.54) is 12.1 Å². The van der Waals surface area contributed by atoms with Crippen LogP contribution in [0.1, 0.15) is 12.0 Å². The summed E-state index contributed by atoms with van der Waals surface area (Å²) in [4.78, 5) is 16.3. The van der Waals surface area contributed by atoms with E-state index in [0.29, 0.717) is 29.3 Å². The molecule has 0 unspecified atom stereocenters. The van der Waals surface area contributed by atoms with E-state index >= 15 is 0 Å². The summed E-state index contributed by atoms with van der Waals surface area (Å²) in [5.74, 6) is -0.531. The van der Waals surface area contributed by atoms with Crippen molar-refractivity contribution >= 4 is 44.9 Å². The minimum absolute atomic E-state index is 0.224. The van der Waals surface area contributed by atoms with E-state index in [4.69, 9.17) is 17.0 Å². The molecule has 1 aliphatic rings. The van der Waals surface area contributed by atoms with Gasteiger partial charge >= 0.3 is 5.97 Å². The van der Waals surface area contributed by atoms with Gasteiger partial charge in [-0.15, -0.1) is 0 Å². The molecule has 1 N–H and O–H groups in total. The standard InChI is InChI=1S/C21H23BrFN3O2S/c22-18-13-17(23)7-8-19(18)24-21(29)26-10-4-9-25(11-12-26)14-20(27)28-15-16-5-2-1-3-6-16/h1-3,5-8,13H,4,9-12,14-15H2,(H,24,29). The highest BCUT2D eigenvalue weighted by atomic mass is 79.9. The number of benzene rings is 2. The Hall–Kier alpha value is -2.03. The Morgan fingerprint density at radius 2 is 1.93 bits per heavy atom. The highest BCUT2D eigenvalue weighted by Crippen LogP contribution is 2.23. The molecule has 1 aliphatic heterocycles. The predicted molar refractivity (Wildman–Crippen MR) is 119 cm³/mol. The van der Waals surface area contributed by atoms with Gasteiger partial charge in [0, 0.05) is 30.7 Å². The van der Waals surface area contributed by atoms with Gasteiger partial charge in [0.2, 0.25) is 0 Å². The van der Waals surface area contributed by atoms with Crippen molar-refractivity contribution in [3.8, 4) is 0 Å². The molecule has 0 spiro atoms. The molecule has 1 saturated heterocycles. The van der Waals surface area contributed by atoms with Crippen LogP contribution in [0.25, 0.3) is 0 Å². The molecule has 5 nitrogen and oxygen atoms in total. The van der Waals surface area contributed by atoms with Gasteiger partial charge in [0.05, 0.1) is 12.2 Å². The van der Waals surface area contributed by atoms with Gasteiger partial charge < -0.3 is 15.0 Å². The summed E-state index contributed by atoms with van der Waals surface area (Å²) in [6.07, 6.45) is 0.887. The molecular formula is C21H23BrFN3O2S. The second-order valence-electron chi connectivity index (χ2n) is 6.82. The van der Waals surface area contributed by atoms with Crippen LogP contribution < -0.4 is 5.32 Å². The number of halogens is 2. The topological polar surface area (TPSA) is 44.8 Å². The normalized spacial score (nSPS) is 14.9. The summed E-state index contributed by atoms with van der Waals surface area (Å²) >= 11 is 8.86. The molecule has 2 aromatic carbocycles. The Labute approximate surface area is 184 Å². The van der Waals surface area contributed by atoms with E-state index in [9.17, 15) is 9.18 Å². The first kappa shape index (κ1) is 21.7. The molecule has 8 heteroatoms. The van der Waals surface area contributed by atoms with Crippen molar-refractivity contribution in [3.05, 3.63) is 64.4 Å². The van der Waals surface area contributed by atoms with Gasteiger partial charge in [-0.2, -0.15) is 0 Å². The lowest BCUT2D eigenvalue weighted by molar-refractivity contribution is -0.146. The summed E-state index contributed by atoms with van der Waals surface area (Å²) < 4.78 is 19.2. The maximum atomic E-state index is 13.2. The summed E-state index contributed by atoms with van der Waals surface area (Å²) in [6.45, 7) is 3.58. The molecule has 29 heavy (non-hydrogen) atoms. The quantitative estimate of drug-likeness (QED) is 0.515. The number of nitrogens with zero attached hydrogens (tertiary/aromatic N) is 2. The van der Waals surface area contributed by atoms with Crippen molar-refractivity contribution in [2.45, 2.75) is 13.0 Å². The largest absolute Gasteiger partial charge is 0.460 e. The molecule has 2 aromatic rings. The third-order valence-electron chi connectivity index (χ3n) is 4.64. The number of rotatable bonds is 5. The Bertz CT molecular complexity index is 853. The highest BCUT2D eigenvalue weighted by Gasteiger charge is 2.19. The molecule has 0 saturated carbocycles. The van der Waals surface area contributed by atoms with Crippen LogP contribution in [0, 0.1) is 5.82 Å². The number of nitrogens with one attached hydrogen (secondary N) is 1. The van der Waals surface area contributed by atoms with Crippen molar-refractivity contribution in [2.75, 3.05) is 38.0 Å². The first-order chi connectivity index (χ1) is 14.0. The van der Waals surface area contributed by atoms with Crippen molar-refractivity contribution < 1.29 is 13.9 Å². The fourth-order valence-corrected chi connectivity index (χ4v) is 3.83. The van der Waals surface area contributed by atoms with Gasteiger partial charge in [0.15, 0.2) is 5.11 Å². The van der Waals surface area contributed by atoms with E-state index in [0.717, 1.165) is 30.8 Å². The Morgan fingerprint density at radius 3 is 2.69 bits per heavy atom. The monoisotopic (exact) mass is 479 g/mol. The number of hydrogen-bond acceptors (Lipinski definition) is 4. The maximum absolute atomic E-state index is 13.2. The molecule has 0 atom stereocenters. The Morgan fingerprint density at radius 1 is 1.14 bits per heavy atom. The van der Waals surface area contributed by atoms with Gasteiger partial charge in [-0.1, -0.05) is 30.3 Å². The van der Waals surface area contributed by atoms with Crippen LogP contribution in [0.5, 0.6) is 0 Å². The number of ether oxygens (including phenoxy) is 1. The van der Waals surface area contributed by atoms with Crippen LogP contribution in [-0.2, 0) is 16.1 Å². The zero-order chi connectivity index (χ0) is 20.6. The van der Waals surface area contributed by atoms with Crippen molar-refractivity contribution in [1.82, 2.24) is 9.80 Å². The third-order valence-corrected chi connectivity index (χ3v) is 5.66. The van der Waals surface area contributed by atoms with Crippen LogP contribution in [0.4, 0.5) is 10.1 Å². The minimum Gasteiger partial charge on any atom is -0.460 e. The third kappa shape index (κ3) is 6.76. The van der Waals surface area contributed by atoms with Crippen molar-refractivity contribution in [2.24, 2.45) is 0 Å². The van der Waals surface area contributed by atoms with Crippen molar-refractivity contribution in [1.29, 1.82) is 0 Å². The van der Waals surface area contributed by atoms with E-state index in [1.807, 2.05) is 30.3 Å². The zero-order valence-electron chi connectivity index (χ0n) is 15.9. The molecule has 0 aromatic heterocycles. The highest BCUT2D eigenvalue weighted by molar-refractivity contribution is 9.10. The summed E-state index contributed by atoms with van der Waals surface area (Å²) in [6, 6.07) is 14.1. The molecule has 1 fully saturated rings. The number of esters is 1. The van der Waals surface area contributed by atoms with E-state index in [2.05, 4.69) is 31.0 Å². The Kier molecular flexibility index (Phi) is 7.97. The summed E-state index contributed by atoms with van der Waals surface area (Å²) in [5.41, 5.74) is 1.70. The Balaban J connectivity index is 1.45. The number of thiocarbonyl (C=S) groups is 1. The van der Waals surface area contributed by atoms with Crippen LogP contribution >= 0.6 is 28.1 Å². The smallest absolute Gasteiger partial charge is 0.320 e. The molecule has 0 radical (unpaired) electrons. The number of anilines is 1. The maximum Gasteiger partial charge on any atom is 0.320 e. The number of hydrogen-bond donors (Lipinski definition) is 1. The van der Waals surface area contributed by atoms with E-state index < -0.39 is 0 Å². The van der Waals surface area contributed by atoms with Crippen LogP contribution in [-0.4, -0.2) is 53.6 Å². The summed E-state index contributed by atoms with van der Waals surface area (Å²) in [7, 11) is 0. The van der Waals surface area contributed by atoms with Gasteiger partial charge in [0.1, 0.15) is 12.4 Å². The number of carbonyl (C=O) groups is 1. The fourth-order valence-electron chi connectivity index (χ4n) is 3.08. The lowest BCUT2D eigenvalue weighted by Gasteiger charge is -2.25. The van der Waals surface area contributed by atoms with Gasteiger partial charge in [0.25, 0.3) is 0 Å². The van der Waals surface area contributed by atoms with Crippen LogP contribution in [0.3, 0.4) is 0 Å². The SMILES string of the molecule is O=C(CN1CCCN(C(=S)Nc2ccc(F)cc2Br)CC1)OCc1ccccc1. The lowest BCUT2D eigenvalue weighted by Crippen LogP contribution is -2.39. The first-order valence-electron chi connectivity index (χ1n) is 9.44. The fraction of sp³-hybridized carbons (Fsp3) is 0.333.